The van der Waals surface area contributed by atoms with Crippen molar-refractivity contribution in [3.05, 3.63) is 57.5 Å². The Hall–Kier alpha value is -2.65. The molecule has 154 valence electrons. The van der Waals surface area contributed by atoms with Crippen molar-refractivity contribution in [1.29, 1.82) is 0 Å². The first kappa shape index (κ1) is 21.1. The molecular formula is C19H22ClN5O3S. The molecule has 0 aliphatic rings. The number of halogens is 1. The third kappa shape index (κ3) is 5.45. The van der Waals surface area contributed by atoms with Crippen LogP contribution in [0.25, 0.3) is 10.9 Å². The largest absolute Gasteiger partial charge is 0.347 e. The molecule has 3 rings (SSSR count). The van der Waals surface area contributed by atoms with Gasteiger partial charge in [-0.25, -0.2) is 13.4 Å². The average Bonchev–Trinajstić information content (AvgIpc) is 2.60. The van der Waals surface area contributed by atoms with Gasteiger partial charge in [0.1, 0.15) is 5.82 Å². The maximum absolute atomic E-state index is 12.4. The van der Waals surface area contributed by atoms with E-state index in [9.17, 15) is 13.2 Å². The van der Waals surface area contributed by atoms with Crippen LogP contribution in [0.2, 0.25) is 5.02 Å². The maximum atomic E-state index is 12.4. The number of benzene rings is 1. The van der Waals surface area contributed by atoms with Gasteiger partial charge in [0.05, 0.1) is 11.8 Å². The second-order valence-corrected chi connectivity index (χ2v) is 9.40. The first-order chi connectivity index (χ1) is 13.6. The van der Waals surface area contributed by atoms with Gasteiger partial charge in [0.2, 0.25) is 16.0 Å². The van der Waals surface area contributed by atoms with Crippen molar-refractivity contribution in [2.75, 3.05) is 15.8 Å². The molecule has 0 unspecified atom stereocenters. The third-order valence-electron chi connectivity index (χ3n) is 4.12. The molecule has 2 aromatic heterocycles. The Labute approximate surface area is 173 Å². The van der Waals surface area contributed by atoms with Crippen LogP contribution < -0.4 is 15.6 Å². The van der Waals surface area contributed by atoms with Crippen LogP contribution in [0.15, 0.2) is 41.3 Å². The van der Waals surface area contributed by atoms with E-state index in [2.05, 4.69) is 25.0 Å². The maximum Gasteiger partial charge on any atom is 0.253 e. The molecule has 0 fully saturated rings. The minimum atomic E-state index is -3.50. The highest BCUT2D eigenvalue weighted by atomic mass is 35.5. The number of pyridine rings is 1. The van der Waals surface area contributed by atoms with Gasteiger partial charge >= 0.3 is 0 Å². The fraction of sp³-hybridized carbons (Fsp3) is 0.316. The van der Waals surface area contributed by atoms with E-state index >= 15 is 0 Å². The fourth-order valence-electron chi connectivity index (χ4n) is 2.91. The minimum absolute atomic E-state index is 0.00874. The molecule has 0 aliphatic heterocycles. The summed E-state index contributed by atoms with van der Waals surface area (Å²) in [6.45, 7) is 5.43. The number of aromatic nitrogens is 3. The molecule has 8 nitrogen and oxygen atoms in total. The van der Waals surface area contributed by atoms with Gasteiger partial charge in [-0.1, -0.05) is 25.4 Å². The highest BCUT2D eigenvalue weighted by Crippen LogP contribution is 2.21. The lowest BCUT2D eigenvalue weighted by atomic mass is 10.1. The molecule has 3 aromatic rings. The van der Waals surface area contributed by atoms with Gasteiger partial charge in [-0.2, -0.15) is 4.98 Å². The van der Waals surface area contributed by atoms with Crippen molar-refractivity contribution in [3.63, 3.8) is 0 Å². The lowest BCUT2D eigenvalue weighted by Crippen LogP contribution is -2.22. The summed E-state index contributed by atoms with van der Waals surface area (Å²) in [5, 5.41) is 4.41. The zero-order valence-corrected chi connectivity index (χ0v) is 17.8. The van der Waals surface area contributed by atoms with E-state index in [-0.39, 0.29) is 29.0 Å². The van der Waals surface area contributed by atoms with E-state index in [1.165, 1.54) is 12.3 Å². The number of nitrogens with zero attached hydrogens (tertiary/aromatic N) is 2. The monoisotopic (exact) mass is 435 g/mol. The molecule has 0 saturated heterocycles. The van der Waals surface area contributed by atoms with E-state index in [0.29, 0.717) is 16.1 Å². The normalized spacial score (nSPS) is 12.9. The summed E-state index contributed by atoms with van der Waals surface area (Å²) in [6, 6.07) is 8.02. The summed E-state index contributed by atoms with van der Waals surface area (Å²) in [6.07, 6.45) is 1.44. The number of anilines is 2. The predicted octanol–water partition coefficient (Wildman–Crippen LogP) is 3.54. The molecule has 2 heterocycles. The first-order valence-corrected chi connectivity index (χ1v) is 11.1. The van der Waals surface area contributed by atoms with Crippen molar-refractivity contribution in [1.82, 2.24) is 15.0 Å². The number of hydrogen-bond acceptors (Lipinski definition) is 6. The van der Waals surface area contributed by atoms with E-state index in [0.717, 1.165) is 5.39 Å². The van der Waals surface area contributed by atoms with Gasteiger partial charge < -0.3 is 10.3 Å². The fourth-order valence-corrected chi connectivity index (χ4v) is 4.49. The Morgan fingerprint density at radius 3 is 2.66 bits per heavy atom. The van der Waals surface area contributed by atoms with Crippen LogP contribution >= 0.6 is 11.6 Å². The van der Waals surface area contributed by atoms with Crippen molar-refractivity contribution in [2.45, 2.75) is 26.8 Å². The number of fused-ring (bicyclic) bond motifs is 1. The number of sulfonamides is 1. The summed E-state index contributed by atoms with van der Waals surface area (Å²) in [5.74, 6) is 0.341. The van der Waals surface area contributed by atoms with Crippen LogP contribution in [-0.4, -0.2) is 29.1 Å². The molecule has 1 atom stereocenters. The number of aromatic amines is 1. The standard InChI is InChI=1S/C19H22ClN5O3S/c1-11(2)10-29(27,28)25-17-6-7-21-19(24-17)22-12(3)15-9-13-8-14(20)4-5-16(13)23-18(15)26/h4-9,11-12H,10H2,1-3H3,(H,23,26)(H2,21,22,24,25)/t12-/m0/s1. The van der Waals surface area contributed by atoms with Crippen molar-refractivity contribution < 1.29 is 8.42 Å². The second kappa shape index (κ2) is 8.38. The van der Waals surface area contributed by atoms with E-state index in [4.69, 9.17) is 11.6 Å². The van der Waals surface area contributed by atoms with Crippen LogP contribution in [0.3, 0.4) is 0 Å². The topological polar surface area (TPSA) is 117 Å². The molecule has 29 heavy (non-hydrogen) atoms. The van der Waals surface area contributed by atoms with Crippen LogP contribution in [-0.2, 0) is 10.0 Å². The summed E-state index contributed by atoms with van der Waals surface area (Å²) in [7, 11) is -3.50. The van der Waals surface area contributed by atoms with Gasteiger partial charge in [0.25, 0.3) is 5.56 Å². The summed E-state index contributed by atoms with van der Waals surface area (Å²) in [5.41, 5.74) is 0.927. The third-order valence-corrected chi connectivity index (χ3v) is 5.98. The van der Waals surface area contributed by atoms with Gasteiger partial charge in [-0.15, -0.1) is 0 Å². The molecule has 0 amide bonds. The summed E-state index contributed by atoms with van der Waals surface area (Å²) in [4.78, 5) is 23.6. The molecule has 0 saturated carbocycles. The second-order valence-electron chi connectivity index (χ2n) is 7.19. The Morgan fingerprint density at radius 2 is 1.93 bits per heavy atom. The van der Waals surface area contributed by atoms with E-state index in [1.54, 1.807) is 31.2 Å². The molecule has 0 aliphatic carbocycles. The molecular weight excluding hydrogens is 414 g/mol. The number of rotatable bonds is 7. The smallest absolute Gasteiger partial charge is 0.253 e. The van der Waals surface area contributed by atoms with Crippen LogP contribution in [0.4, 0.5) is 11.8 Å². The van der Waals surface area contributed by atoms with Gasteiger partial charge in [-0.05, 0) is 43.2 Å². The van der Waals surface area contributed by atoms with Gasteiger partial charge in [0, 0.05) is 27.7 Å². The Kier molecular flexibility index (Phi) is 6.09. The molecule has 3 N–H and O–H groups in total. The molecule has 0 bridgehead atoms. The average molecular weight is 436 g/mol. The number of hydrogen-bond donors (Lipinski definition) is 3. The molecule has 0 radical (unpaired) electrons. The van der Waals surface area contributed by atoms with Gasteiger partial charge in [-0.3, -0.25) is 9.52 Å². The van der Waals surface area contributed by atoms with Gasteiger partial charge in [0.15, 0.2) is 0 Å². The summed E-state index contributed by atoms with van der Waals surface area (Å²) >= 11 is 6.04. The molecule has 0 spiro atoms. The quantitative estimate of drug-likeness (QED) is 0.522. The zero-order chi connectivity index (χ0) is 21.2. The predicted molar refractivity (Wildman–Crippen MR) is 116 cm³/mol. The van der Waals surface area contributed by atoms with Crippen LogP contribution in [0.1, 0.15) is 32.4 Å². The lowest BCUT2D eigenvalue weighted by molar-refractivity contribution is 0.587. The SMILES string of the molecule is CC(C)CS(=O)(=O)Nc1ccnc(N[C@@H](C)c2cc3cc(Cl)ccc3[nH]c2=O)n1. The van der Waals surface area contributed by atoms with Crippen LogP contribution in [0, 0.1) is 5.92 Å². The number of nitrogens with one attached hydrogen (secondary N) is 3. The van der Waals surface area contributed by atoms with Crippen LogP contribution in [0.5, 0.6) is 0 Å². The highest BCUT2D eigenvalue weighted by molar-refractivity contribution is 7.92. The van der Waals surface area contributed by atoms with Crippen molar-refractivity contribution in [3.8, 4) is 0 Å². The highest BCUT2D eigenvalue weighted by Gasteiger charge is 2.16. The number of H-pyrrole nitrogens is 1. The lowest BCUT2D eigenvalue weighted by Gasteiger charge is -2.15. The Balaban J connectivity index is 1.82. The van der Waals surface area contributed by atoms with Crippen molar-refractivity contribution in [2.24, 2.45) is 5.92 Å². The zero-order valence-electron chi connectivity index (χ0n) is 16.2. The Bertz CT molecular complexity index is 1190. The van der Waals surface area contributed by atoms with E-state index in [1.807, 2.05) is 13.8 Å². The summed E-state index contributed by atoms with van der Waals surface area (Å²) < 4.78 is 26.7. The molecule has 1 aromatic carbocycles. The Morgan fingerprint density at radius 1 is 1.17 bits per heavy atom. The molecule has 10 heteroatoms. The minimum Gasteiger partial charge on any atom is -0.347 e. The van der Waals surface area contributed by atoms with Crippen molar-refractivity contribution >= 4 is 44.3 Å². The van der Waals surface area contributed by atoms with E-state index < -0.39 is 16.1 Å². The first-order valence-electron chi connectivity index (χ1n) is 9.05.